The summed E-state index contributed by atoms with van der Waals surface area (Å²) in [6.45, 7) is 3.86. The number of hydrogen-bond acceptors (Lipinski definition) is 3. The summed E-state index contributed by atoms with van der Waals surface area (Å²) in [6, 6.07) is 1.13. The van der Waals surface area contributed by atoms with Crippen molar-refractivity contribution in [1.82, 2.24) is 5.32 Å². The minimum absolute atomic E-state index is 0.485. The Bertz CT molecular complexity index is 148. The molecule has 3 heteroatoms. The topological polar surface area (TPSA) is 47.3 Å². The average Bonchev–Trinajstić information content (AvgIpc) is 2.97. The molecule has 0 spiro atoms. The van der Waals surface area contributed by atoms with Crippen LogP contribution in [0.2, 0.25) is 0 Å². The third kappa shape index (κ3) is 4.40. The summed E-state index contributed by atoms with van der Waals surface area (Å²) in [5.74, 6) is 0.909. The molecule has 0 aromatic carbocycles. The number of nitrogens with two attached hydrogens (primary N) is 1. The number of nitrogens with one attached hydrogen (secondary N) is 1. The number of hydrogen-bond donors (Lipinski definition) is 2. The highest BCUT2D eigenvalue weighted by Crippen LogP contribution is 2.32. The van der Waals surface area contributed by atoms with Crippen LogP contribution in [0.4, 0.5) is 0 Å². The Labute approximate surface area is 87.4 Å². The molecule has 2 atom stereocenters. The SMILES string of the molecule is COCC(CCCN)NC(C)C1CC1. The van der Waals surface area contributed by atoms with E-state index in [-0.39, 0.29) is 0 Å². The van der Waals surface area contributed by atoms with Gasteiger partial charge in [0.2, 0.25) is 0 Å². The standard InChI is InChI=1S/C11H24N2O/c1-9(10-5-6-10)13-11(8-14-2)4-3-7-12/h9-11,13H,3-8,12H2,1-2H3. The lowest BCUT2D eigenvalue weighted by atomic mass is 10.1. The summed E-state index contributed by atoms with van der Waals surface area (Å²) in [5.41, 5.74) is 5.51. The van der Waals surface area contributed by atoms with Crippen molar-refractivity contribution in [3.63, 3.8) is 0 Å². The van der Waals surface area contributed by atoms with Crippen LogP contribution in [-0.2, 0) is 4.74 Å². The Hall–Kier alpha value is -0.120. The number of rotatable bonds is 8. The second kappa shape index (κ2) is 6.38. The van der Waals surface area contributed by atoms with Crippen molar-refractivity contribution in [3.05, 3.63) is 0 Å². The zero-order valence-electron chi connectivity index (χ0n) is 9.46. The van der Waals surface area contributed by atoms with Crippen molar-refractivity contribution < 1.29 is 4.74 Å². The van der Waals surface area contributed by atoms with Gasteiger partial charge in [0.1, 0.15) is 0 Å². The summed E-state index contributed by atoms with van der Waals surface area (Å²) in [5, 5.41) is 3.63. The molecule has 1 aliphatic rings. The van der Waals surface area contributed by atoms with E-state index in [9.17, 15) is 0 Å². The minimum atomic E-state index is 0.485. The Morgan fingerprint density at radius 2 is 2.21 bits per heavy atom. The van der Waals surface area contributed by atoms with Gasteiger partial charge in [-0.25, -0.2) is 0 Å². The Kier molecular flexibility index (Phi) is 5.45. The van der Waals surface area contributed by atoms with Crippen molar-refractivity contribution in [2.45, 2.75) is 44.7 Å². The molecule has 0 radical (unpaired) electrons. The summed E-state index contributed by atoms with van der Waals surface area (Å²) in [6.07, 6.45) is 5.00. The summed E-state index contributed by atoms with van der Waals surface area (Å²) >= 11 is 0. The van der Waals surface area contributed by atoms with Crippen molar-refractivity contribution in [3.8, 4) is 0 Å². The Morgan fingerprint density at radius 3 is 2.71 bits per heavy atom. The van der Waals surface area contributed by atoms with Gasteiger partial charge in [-0.15, -0.1) is 0 Å². The van der Waals surface area contributed by atoms with Gasteiger partial charge >= 0.3 is 0 Å². The van der Waals surface area contributed by atoms with Gasteiger partial charge in [-0.05, 0) is 45.1 Å². The molecule has 0 amide bonds. The highest BCUT2D eigenvalue weighted by molar-refractivity contribution is 4.85. The van der Waals surface area contributed by atoms with Gasteiger partial charge < -0.3 is 15.8 Å². The lowest BCUT2D eigenvalue weighted by Gasteiger charge is -2.22. The van der Waals surface area contributed by atoms with E-state index in [4.69, 9.17) is 10.5 Å². The second-order valence-corrected chi connectivity index (χ2v) is 4.38. The van der Waals surface area contributed by atoms with Crippen LogP contribution in [0.5, 0.6) is 0 Å². The Balaban J connectivity index is 2.18. The average molecular weight is 200 g/mol. The molecular weight excluding hydrogens is 176 g/mol. The van der Waals surface area contributed by atoms with E-state index >= 15 is 0 Å². The number of ether oxygens (including phenoxy) is 1. The molecule has 0 saturated heterocycles. The van der Waals surface area contributed by atoms with Gasteiger partial charge in [0.05, 0.1) is 6.61 Å². The highest BCUT2D eigenvalue weighted by atomic mass is 16.5. The third-order valence-corrected chi connectivity index (χ3v) is 2.95. The largest absolute Gasteiger partial charge is 0.383 e. The molecule has 0 bridgehead atoms. The zero-order chi connectivity index (χ0) is 10.4. The summed E-state index contributed by atoms with van der Waals surface area (Å²) in [7, 11) is 1.76. The molecule has 14 heavy (non-hydrogen) atoms. The van der Waals surface area contributed by atoms with Crippen LogP contribution in [0.25, 0.3) is 0 Å². The van der Waals surface area contributed by atoms with Gasteiger partial charge in [0.25, 0.3) is 0 Å². The molecule has 0 heterocycles. The smallest absolute Gasteiger partial charge is 0.0615 e. The fraction of sp³-hybridized carbons (Fsp3) is 1.00. The van der Waals surface area contributed by atoms with Crippen molar-refractivity contribution in [1.29, 1.82) is 0 Å². The van der Waals surface area contributed by atoms with E-state index in [1.165, 1.54) is 12.8 Å². The van der Waals surface area contributed by atoms with Gasteiger partial charge in [-0.3, -0.25) is 0 Å². The first kappa shape index (κ1) is 12.0. The molecule has 1 rings (SSSR count). The number of methoxy groups -OCH3 is 1. The first-order chi connectivity index (χ1) is 6.77. The minimum Gasteiger partial charge on any atom is -0.383 e. The van der Waals surface area contributed by atoms with Crippen LogP contribution in [0, 0.1) is 5.92 Å². The van der Waals surface area contributed by atoms with Crippen LogP contribution in [0.1, 0.15) is 32.6 Å². The van der Waals surface area contributed by atoms with E-state index in [1.54, 1.807) is 7.11 Å². The monoisotopic (exact) mass is 200 g/mol. The molecule has 2 unspecified atom stereocenters. The molecule has 0 aromatic rings. The molecule has 1 aliphatic carbocycles. The maximum Gasteiger partial charge on any atom is 0.0615 e. The van der Waals surface area contributed by atoms with Gasteiger partial charge in [0.15, 0.2) is 0 Å². The van der Waals surface area contributed by atoms with Crippen LogP contribution in [0.3, 0.4) is 0 Å². The predicted octanol–water partition coefficient (Wildman–Crippen LogP) is 1.13. The highest BCUT2D eigenvalue weighted by Gasteiger charge is 2.28. The first-order valence-corrected chi connectivity index (χ1v) is 5.73. The van der Waals surface area contributed by atoms with Crippen LogP contribution < -0.4 is 11.1 Å². The van der Waals surface area contributed by atoms with E-state index in [2.05, 4.69) is 12.2 Å². The second-order valence-electron chi connectivity index (χ2n) is 4.38. The lowest BCUT2D eigenvalue weighted by molar-refractivity contribution is 0.155. The van der Waals surface area contributed by atoms with E-state index in [0.717, 1.165) is 31.9 Å². The molecule has 3 nitrogen and oxygen atoms in total. The van der Waals surface area contributed by atoms with Gasteiger partial charge in [-0.2, -0.15) is 0 Å². The quantitative estimate of drug-likeness (QED) is 0.617. The van der Waals surface area contributed by atoms with Crippen LogP contribution >= 0.6 is 0 Å². The lowest BCUT2D eigenvalue weighted by Crippen LogP contribution is -2.40. The third-order valence-electron chi connectivity index (χ3n) is 2.95. The molecule has 84 valence electrons. The van der Waals surface area contributed by atoms with Crippen LogP contribution in [0.15, 0.2) is 0 Å². The molecule has 3 N–H and O–H groups in total. The van der Waals surface area contributed by atoms with Gasteiger partial charge in [-0.1, -0.05) is 0 Å². The van der Waals surface area contributed by atoms with Crippen LogP contribution in [-0.4, -0.2) is 32.3 Å². The van der Waals surface area contributed by atoms with E-state index in [0.29, 0.717) is 12.1 Å². The molecule has 1 fully saturated rings. The fourth-order valence-corrected chi connectivity index (χ4v) is 1.88. The zero-order valence-corrected chi connectivity index (χ0v) is 9.46. The molecule has 0 aromatic heterocycles. The molecule has 1 saturated carbocycles. The first-order valence-electron chi connectivity index (χ1n) is 5.73. The van der Waals surface area contributed by atoms with Crippen molar-refractivity contribution in [2.75, 3.05) is 20.3 Å². The van der Waals surface area contributed by atoms with E-state index < -0.39 is 0 Å². The predicted molar refractivity (Wildman–Crippen MR) is 59.3 cm³/mol. The maximum absolute atomic E-state index is 5.51. The Morgan fingerprint density at radius 1 is 1.50 bits per heavy atom. The van der Waals surface area contributed by atoms with Crippen molar-refractivity contribution in [2.24, 2.45) is 11.7 Å². The van der Waals surface area contributed by atoms with Crippen molar-refractivity contribution >= 4 is 0 Å². The van der Waals surface area contributed by atoms with E-state index in [1.807, 2.05) is 0 Å². The molecule has 0 aliphatic heterocycles. The maximum atomic E-state index is 5.51. The van der Waals surface area contributed by atoms with Gasteiger partial charge in [0, 0.05) is 19.2 Å². The fourth-order valence-electron chi connectivity index (χ4n) is 1.88. The summed E-state index contributed by atoms with van der Waals surface area (Å²) < 4.78 is 5.20. The molecular formula is C11H24N2O. The summed E-state index contributed by atoms with van der Waals surface area (Å²) in [4.78, 5) is 0. The normalized spacial score (nSPS) is 20.8.